The molecule has 1 aliphatic carbocycles. The van der Waals surface area contributed by atoms with Crippen molar-refractivity contribution >= 4 is 34.0 Å². The lowest BCUT2D eigenvalue weighted by atomic mass is 10.1. The van der Waals surface area contributed by atoms with Crippen LogP contribution in [0.5, 0.6) is 5.75 Å². The van der Waals surface area contributed by atoms with Crippen molar-refractivity contribution < 1.29 is 9.53 Å². The van der Waals surface area contributed by atoms with E-state index in [1.54, 1.807) is 25.2 Å². The van der Waals surface area contributed by atoms with Crippen LogP contribution in [0.2, 0.25) is 5.02 Å². The second-order valence-corrected chi connectivity index (χ2v) is 6.90. The van der Waals surface area contributed by atoms with E-state index in [0.717, 1.165) is 5.01 Å². The van der Waals surface area contributed by atoms with Gasteiger partial charge in [0, 0.05) is 7.05 Å². The molecule has 7 heteroatoms. The van der Waals surface area contributed by atoms with Gasteiger partial charge in [-0.25, -0.2) is 0 Å². The third-order valence-corrected chi connectivity index (χ3v) is 4.70. The van der Waals surface area contributed by atoms with Crippen molar-refractivity contribution in [1.29, 1.82) is 0 Å². The van der Waals surface area contributed by atoms with Crippen LogP contribution >= 0.6 is 22.9 Å². The summed E-state index contributed by atoms with van der Waals surface area (Å²) >= 11 is 7.59. The Bertz CT molecular complexity index is 700. The zero-order valence-electron chi connectivity index (χ0n) is 12.4. The number of rotatable bonds is 5. The lowest BCUT2D eigenvalue weighted by Crippen LogP contribution is -2.27. The van der Waals surface area contributed by atoms with Crippen LogP contribution in [-0.2, 0) is 0 Å². The summed E-state index contributed by atoms with van der Waals surface area (Å²) in [7, 11) is 1.66. The molecule has 1 aliphatic rings. The van der Waals surface area contributed by atoms with Gasteiger partial charge in [0.05, 0.1) is 11.6 Å². The summed E-state index contributed by atoms with van der Waals surface area (Å²) in [5.74, 6) is 0.885. The maximum absolute atomic E-state index is 12.8. The molecule has 1 fully saturated rings. The number of carbonyl (C=O) groups is 1. The molecule has 1 aromatic carbocycles. The summed E-state index contributed by atoms with van der Waals surface area (Å²) in [6, 6.07) is 5.26. The quantitative estimate of drug-likeness (QED) is 0.837. The van der Waals surface area contributed by atoms with E-state index >= 15 is 0 Å². The fraction of sp³-hybridized carbons (Fsp3) is 0.400. The third kappa shape index (κ3) is 3.23. The van der Waals surface area contributed by atoms with Crippen molar-refractivity contribution in [2.24, 2.45) is 5.92 Å². The number of halogens is 1. The molecule has 0 atom stereocenters. The van der Waals surface area contributed by atoms with E-state index in [4.69, 9.17) is 16.3 Å². The van der Waals surface area contributed by atoms with Gasteiger partial charge >= 0.3 is 0 Å². The van der Waals surface area contributed by atoms with Crippen LogP contribution in [0.1, 0.15) is 28.2 Å². The Hall–Kier alpha value is -1.66. The van der Waals surface area contributed by atoms with Crippen LogP contribution in [0.25, 0.3) is 0 Å². The van der Waals surface area contributed by atoms with Crippen LogP contribution in [0, 0.1) is 12.8 Å². The normalized spacial score (nSPS) is 14.0. The van der Waals surface area contributed by atoms with Gasteiger partial charge in [0.15, 0.2) is 0 Å². The molecule has 1 aromatic heterocycles. The van der Waals surface area contributed by atoms with Crippen LogP contribution in [-0.4, -0.2) is 29.8 Å². The Balaban J connectivity index is 1.86. The first kappa shape index (κ1) is 15.2. The molecule has 0 N–H and O–H groups in total. The molecule has 1 heterocycles. The summed E-state index contributed by atoms with van der Waals surface area (Å²) in [6.07, 6.45) is 2.38. The van der Waals surface area contributed by atoms with Gasteiger partial charge < -0.3 is 4.74 Å². The highest BCUT2D eigenvalue weighted by Crippen LogP contribution is 2.33. The van der Waals surface area contributed by atoms with E-state index in [0.29, 0.717) is 34.0 Å². The van der Waals surface area contributed by atoms with Crippen molar-refractivity contribution in [2.45, 2.75) is 19.8 Å². The number of nitrogens with zero attached hydrogens (tertiary/aromatic N) is 3. The molecule has 116 valence electrons. The van der Waals surface area contributed by atoms with E-state index < -0.39 is 0 Å². The van der Waals surface area contributed by atoms with Gasteiger partial charge in [-0.1, -0.05) is 29.0 Å². The number of aryl methyl sites for hydroxylation is 1. The monoisotopic (exact) mass is 337 g/mol. The first-order chi connectivity index (χ1) is 10.6. The third-order valence-electron chi connectivity index (χ3n) is 3.47. The number of hydrogen-bond acceptors (Lipinski definition) is 5. The highest BCUT2D eigenvalue weighted by atomic mass is 35.5. The Labute approximate surface area is 137 Å². The van der Waals surface area contributed by atoms with E-state index in [1.807, 2.05) is 6.92 Å². The smallest absolute Gasteiger partial charge is 0.265 e. The minimum atomic E-state index is -0.243. The van der Waals surface area contributed by atoms with Crippen molar-refractivity contribution in [3.63, 3.8) is 0 Å². The van der Waals surface area contributed by atoms with Crippen LogP contribution in [0.4, 0.5) is 5.13 Å². The van der Waals surface area contributed by atoms with Crippen molar-refractivity contribution in [3.05, 3.63) is 33.8 Å². The van der Waals surface area contributed by atoms with Gasteiger partial charge in [-0.2, -0.15) is 0 Å². The molecular weight excluding hydrogens is 322 g/mol. The number of hydrogen-bond donors (Lipinski definition) is 0. The van der Waals surface area contributed by atoms with Gasteiger partial charge in [-0.15, -0.1) is 10.2 Å². The molecule has 1 saturated carbocycles. The molecule has 3 rings (SSSR count). The number of ether oxygens (including phenoxy) is 1. The number of amides is 1. The summed E-state index contributed by atoms with van der Waals surface area (Å²) < 4.78 is 5.79. The number of anilines is 1. The van der Waals surface area contributed by atoms with E-state index in [-0.39, 0.29) is 5.91 Å². The lowest BCUT2D eigenvalue weighted by molar-refractivity contribution is 0.0988. The highest BCUT2D eigenvalue weighted by Gasteiger charge is 2.26. The zero-order valence-corrected chi connectivity index (χ0v) is 13.9. The summed E-state index contributed by atoms with van der Waals surface area (Å²) in [4.78, 5) is 14.2. The molecule has 2 aromatic rings. The summed E-state index contributed by atoms with van der Waals surface area (Å²) in [6.45, 7) is 2.47. The Kier molecular flexibility index (Phi) is 4.31. The molecule has 1 amide bonds. The molecule has 0 aliphatic heterocycles. The predicted octanol–water partition coefficient (Wildman–Crippen LogP) is 3.57. The average molecular weight is 338 g/mol. The van der Waals surface area contributed by atoms with Gasteiger partial charge in [-0.3, -0.25) is 9.69 Å². The SMILES string of the molecule is Cc1nnc(N(C)C(=O)c2c(Cl)cccc2OCC2CC2)s1. The summed E-state index contributed by atoms with van der Waals surface area (Å²) in [5.41, 5.74) is 0.375. The molecule has 0 bridgehead atoms. The second-order valence-electron chi connectivity index (χ2n) is 5.34. The van der Waals surface area contributed by atoms with Crippen molar-refractivity contribution in [2.75, 3.05) is 18.6 Å². The Morgan fingerprint density at radius 2 is 2.23 bits per heavy atom. The van der Waals surface area contributed by atoms with Gasteiger partial charge in [0.1, 0.15) is 16.3 Å². The average Bonchev–Trinajstić information content (AvgIpc) is 3.23. The maximum atomic E-state index is 12.8. The standard InChI is InChI=1S/C15H16ClN3O2S/c1-9-17-18-15(22-9)19(2)14(20)13-11(16)4-3-5-12(13)21-8-10-6-7-10/h3-5,10H,6-8H2,1-2H3. The van der Waals surface area contributed by atoms with Crippen LogP contribution in [0.15, 0.2) is 18.2 Å². The Morgan fingerprint density at radius 1 is 1.45 bits per heavy atom. The minimum absolute atomic E-state index is 0.243. The lowest BCUT2D eigenvalue weighted by Gasteiger charge is -2.17. The minimum Gasteiger partial charge on any atom is -0.492 e. The van der Waals surface area contributed by atoms with E-state index in [9.17, 15) is 4.79 Å². The molecule has 0 spiro atoms. The van der Waals surface area contributed by atoms with Crippen LogP contribution in [0.3, 0.4) is 0 Å². The van der Waals surface area contributed by atoms with Gasteiger partial charge in [0.2, 0.25) is 5.13 Å². The Morgan fingerprint density at radius 3 is 2.86 bits per heavy atom. The first-order valence-corrected chi connectivity index (χ1v) is 8.25. The van der Waals surface area contributed by atoms with E-state index in [2.05, 4.69) is 10.2 Å². The molecule has 0 unspecified atom stereocenters. The molecule has 5 nitrogen and oxygen atoms in total. The van der Waals surface area contributed by atoms with Crippen molar-refractivity contribution in [3.8, 4) is 5.75 Å². The number of aromatic nitrogens is 2. The fourth-order valence-corrected chi connectivity index (χ4v) is 2.89. The van der Waals surface area contributed by atoms with E-state index in [1.165, 1.54) is 29.1 Å². The molecule has 0 saturated heterocycles. The number of carbonyl (C=O) groups excluding carboxylic acids is 1. The maximum Gasteiger partial charge on any atom is 0.265 e. The zero-order chi connectivity index (χ0) is 15.7. The van der Waals surface area contributed by atoms with Crippen LogP contribution < -0.4 is 9.64 Å². The molecular formula is C15H16ClN3O2S. The fourth-order valence-electron chi connectivity index (χ4n) is 2.00. The predicted molar refractivity (Wildman–Crippen MR) is 87.1 cm³/mol. The largest absolute Gasteiger partial charge is 0.492 e. The van der Waals surface area contributed by atoms with Crippen molar-refractivity contribution in [1.82, 2.24) is 10.2 Å². The second kappa shape index (κ2) is 6.22. The van der Waals surface area contributed by atoms with Gasteiger partial charge in [0.25, 0.3) is 5.91 Å². The topological polar surface area (TPSA) is 55.3 Å². The van der Waals surface area contributed by atoms with Gasteiger partial charge in [-0.05, 0) is 37.8 Å². The highest BCUT2D eigenvalue weighted by molar-refractivity contribution is 7.15. The molecule has 22 heavy (non-hydrogen) atoms. The number of benzene rings is 1. The first-order valence-electron chi connectivity index (χ1n) is 7.05. The summed E-state index contributed by atoms with van der Waals surface area (Å²) in [5, 5.41) is 9.66. The molecule has 0 radical (unpaired) electrons.